The van der Waals surface area contributed by atoms with Crippen LogP contribution >= 0.6 is 15.9 Å². The highest BCUT2D eigenvalue weighted by Crippen LogP contribution is 2.44. The highest BCUT2D eigenvalue weighted by molar-refractivity contribution is 9.10. The minimum Gasteiger partial charge on any atom is -0.416 e. The van der Waals surface area contributed by atoms with Crippen molar-refractivity contribution < 1.29 is 9.53 Å². The molecule has 1 unspecified atom stereocenters. The summed E-state index contributed by atoms with van der Waals surface area (Å²) in [5.74, 6) is 0.338. The number of rotatable bonds is 7. The molecule has 0 amide bonds. The van der Waals surface area contributed by atoms with Gasteiger partial charge in [0, 0.05) is 45.7 Å². The molecule has 0 saturated heterocycles. The zero-order chi connectivity index (χ0) is 23.2. The van der Waals surface area contributed by atoms with E-state index in [0.717, 1.165) is 36.0 Å². The Bertz CT molecular complexity index is 917. The molecule has 3 rings (SSSR count). The molecule has 1 saturated carbocycles. The topological polar surface area (TPSA) is 34.4 Å². The van der Waals surface area contributed by atoms with Crippen LogP contribution in [0.15, 0.2) is 28.9 Å². The van der Waals surface area contributed by atoms with E-state index in [4.69, 9.17) is 4.43 Å². The van der Waals surface area contributed by atoms with Gasteiger partial charge in [0.25, 0.3) is 0 Å². The third-order valence-electron chi connectivity index (χ3n) is 7.77. The van der Waals surface area contributed by atoms with Gasteiger partial charge < -0.3 is 14.1 Å². The second-order valence-corrected chi connectivity index (χ2v) is 17.9. The predicted molar refractivity (Wildman–Crippen MR) is 138 cm³/mol. The smallest absolute Gasteiger partial charge is 0.192 e. The monoisotopic (exact) mass is 507 g/mol. The molecular weight excluding hydrogens is 466 g/mol. The zero-order valence-corrected chi connectivity index (χ0v) is 23.4. The normalized spacial score (nSPS) is 18.6. The van der Waals surface area contributed by atoms with Crippen molar-refractivity contribution >= 4 is 35.2 Å². The average molecular weight is 509 g/mol. The van der Waals surface area contributed by atoms with E-state index in [9.17, 15) is 5.11 Å². The molecule has 1 aromatic carbocycles. The molecule has 5 heteroatoms. The van der Waals surface area contributed by atoms with Crippen LogP contribution in [0.3, 0.4) is 0 Å². The lowest BCUT2D eigenvalue weighted by molar-refractivity contribution is -0.00218. The lowest BCUT2D eigenvalue weighted by Gasteiger charge is -2.39. The van der Waals surface area contributed by atoms with Crippen molar-refractivity contribution in [2.75, 3.05) is 6.61 Å². The molecule has 174 valence electrons. The molecule has 2 aromatic rings. The van der Waals surface area contributed by atoms with E-state index < -0.39 is 13.9 Å². The number of aromatic nitrogens is 1. The first-order chi connectivity index (χ1) is 14.1. The molecule has 0 spiro atoms. The van der Waals surface area contributed by atoms with E-state index in [1.54, 1.807) is 0 Å². The van der Waals surface area contributed by atoms with E-state index in [-0.39, 0.29) is 10.5 Å². The predicted octanol–water partition coefficient (Wildman–Crippen LogP) is 7.85. The van der Waals surface area contributed by atoms with E-state index in [1.807, 2.05) is 6.92 Å². The Hall–Kier alpha value is -0.623. The van der Waals surface area contributed by atoms with Gasteiger partial charge >= 0.3 is 0 Å². The standard InChI is InChI=1S/C26H42BrNO2Si/c1-24(2,3)31(7,8)30-18-25(4,5)17-28-16-22(21-14-13-20(27)15-23(21)28)26(6,29)19-11-9-10-12-19/h13-16,19,29H,9-12,17-18H2,1-8H3. The van der Waals surface area contributed by atoms with E-state index in [1.165, 1.54) is 23.7 Å². The SMILES string of the molecule is CC(C)(CO[Si](C)(C)C(C)(C)C)Cn1cc(C(C)(O)C2CCCC2)c2ccc(Br)cc21. The maximum atomic E-state index is 11.6. The highest BCUT2D eigenvalue weighted by Gasteiger charge is 2.40. The molecule has 1 heterocycles. The van der Waals surface area contributed by atoms with Gasteiger partial charge in [-0.1, -0.05) is 69.5 Å². The number of aliphatic hydroxyl groups is 1. The zero-order valence-electron chi connectivity index (χ0n) is 20.8. The largest absolute Gasteiger partial charge is 0.416 e. The number of fused-ring (bicyclic) bond motifs is 1. The number of hydrogen-bond acceptors (Lipinski definition) is 2. The summed E-state index contributed by atoms with van der Waals surface area (Å²) in [6.07, 6.45) is 6.89. The number of nitrogens with zero attached hydrogens (tertiary/aromatic N) is 1. The molecular formula is C26H42BrNO2Si. The van der Waals surface area contributed by atoms with Crippen LogP contribution < -0.4 is 0 Å². The van der Waals surface area contributed by atoms with Crippen LogP contribution in [0.1, 0.15) is 72.8 Å². The highest BCUT2D eigenvalue weighted by atomic mass is 79.9. The molecule has 0 radical (unpaired) electrons. The van der Waals surface area contributed by atoms with Crippen LogP contribution in [0.2, 0.25) is 18.1 Å². The van der Waals surface area contributed by atoms with Crippen LogP contribution in [-0.2, 0) is 16.6 Å². The Morgan fingerprint density at radius 3 is 2.29 bits per heavy atom. The van der Waals surface area contributed by atoms with Crippen molar-refractivity contribution in [1.29, 1.82) is 0 Å². The van der Waals surface area contributed by atoms with E-state index >= 15 is 0 Å². The Kier molecular flexibility index (Phi) is 6.96. The summed E-state index contributed by atoms with van der Waals surface area (Å²) >= 11 is 3.66. The Morgan fingerprint density at radius 1 is 1.10 bits per heavy atom. The maximum Gasteiger partial charge on any atom is 0.192 e. The molecule has 31 heavy (non-hydrogen) atoms. The van der Waals surface area contributed by atoms with Crippen molar-refractivity contribution in [3.05, 3.63) is 34.4 Å². The number of halogens is 1. The van der Waals surface area contributed by atoms with Gasteiger partial charge in [-0.25, -0.2) is 0 Å². The third kappa shape index (κ3) is 5.31. The molecule has 0 aliphatic heterocycles. The molecule has 1 atom stereocenters. The Morgan fingerprint density at radius 2 is 1.71 bits per heavy atom. The molecule has 1 aliphatic rings. The summed E-state index contributed by atoms with van der Waals surface area (Å²) in [5.41, 5.74) is 1.45. The van der Waals surface area contributed by atoms with Crippen molar-refractivity contribution in [1.82, 2.24) is 4.57 Å². The van der Waals surface area contributed by atoms with Crippen LogP contribution in [0.25, 0.3) is 10.9 Å². The molecule has 3 nitrogen and oxygen atoms in total. The number of benzene rings is 1. The van der Waals surface area contributed by atoms with Gasteiger partial charge in [-0.15, -0.1) is 0 Å². The van der Waals surface area contributed by atoms with Crippen molar-refractivity contribution in [3.63, 3.8) is 0 Å². The summed E-state index contributed by atoms with van der Waals surface area (Å²) in [6, 6.07) is 6.44. The van der Waals surface area contributed by atoms with Crippen molar-refractivity contribution in [2.24, 2.45) is 11.3 Å². The fraction of sp³-hybridized carbons (Fsp3) is 0.692. The van der Waals surface area contributed by atoms with Crippen LogP contribution in [0, 0.1) is 11.3 Å². The van der Waals surface area contributed by atoms with Crippen molar-refractivity contribution in [2.45, 2.75) is 97.5 Å². The van der Waals surface area contributed by atoms with Crippen LogP contribution in [0.4, 0.5) is 0 Å². The summed E-state index contributed by atoms with van der Waals surface area (Å²) in [5, 5.41) is 13.0. The summed E-state index contributed by atoms with van der Waals surface area (Å²) in [7, 11) is -1.79. The van der Waals surface area contributed by atoms with Gasteiger partial charge in [0.05, 0.1) is 5.60 Å². The molecule has 1 aliphatic carbocycles. The minimum absolute atomic E-state index is 0.0136. The molecule has 1 fully saturated rings. The van der Waals surface area contributed by atoms with Gasteiger partial charge in [-0.2, -0.15) is 0 Å². The third-order valence-corrected chi connectivity index (χ3v) is 12.7. The quantitative estimate of drug-likeness (QED) is 0.387. The fourth-order valence-electron chi connectivity index (χ4n) is 4.61. The average Bonchev–Trinajstić information content (AvgIpc) is 3.28. The van der Waals surface area contributed by atoms with E-state index in [0.29, 0.717) is 5.92 Å². The first-order valence-electron chi connectivity index (χ1n) is 11.8. The number of hydrogen-bond donors (Lipinski definition) is 1. The molecule has 1 N–H and O–H groups in total. The van der Waals surface area contributed by atoms with Gasteiger partial charge in [-0.3, -0.25) is 0 Å². The molecule has 0 bridgehead atoms. The maximum absolute atomic E-state index is 11.6. The van der Waals surface area contributed by atoms with Crippen molar-refractivity contribution in [3.8, 4) is 0 Å². The second kappa shape index (κ2) is 8.62. The Labute approximate surface area is 198 Å². The van der Waals surface area contributed by atoms with Crippen LogP contribution in [0.5, 0.6) is 0 Å². The lowest BCUT2D eigenvalue weighted by atomic mass is 9.82. The van der Waals surface area contributed by atoms with Crippen LogP contribution in [-0.4, -0.2) is 24.6 Å². The summed E-state index contributed by atoms with van der Waals surface area (Å²) < 4.78 is 10.0. The van der Waals surface area contributed by atoms with Gasteiger partial charge in [0.2, 0.25) is 0 Å². The summed E-state index contributed by atoms with van der Waals surface area (Å²) in [6.45, 7) is 19.7. The molecule has 1 aromatic heterocycles. The Balaban J connectivity index is 1.92. The van der Waals surface area contributed by atoms with Gasteiger partial charge in [0.1, 0.15) is 0 Å². The lowest BCUT2D eigenvalue weighted by Crippen LogP contribution is -2.43. The summed E-state index contributed by atoms with van der Waals surface area (Å²) in [4.78, 5) is 0. The van der Waals surface area contributed by atoms with Gasteiger partial charge in [0.15, 0.2) is 8.32 Å². The van der Waals surface area contributed by atoms with Gasteiger partial charge in [-0.05, 0) is 55.9 Å². The minimum atomic E-state index is -1.79. The first-order valence-corrected chi connectivity index (χ1v) is 15.5. The first kappa shape index (κ1) is 25.0. The van der Waals surface area contributed by atoms with E-state index in [2.05, 4.69) is 92.6 Å². The fourth-order valence-corrected chi connectivity index (χ4v) is 6.14. The second-order valence-electron chi connectivity index (χ2n) is 12.2.